The standard InChI is InChI=1S/C13H17N3O/c1-10(2)7-8-15-13(17)16-12-6-4-3-5-11(12)9-14/h3-6,10H,7-8H2,1-2H3,(H2,15,16,17). The van der Waals surface area contributed by atoms with Crippen LogP contribution in [0.1, 0.15) is 25.8 Å². The van der Waals surface area contributed by atoms with Crippen LogP contribution in [0.2, 0.25) is 0 Å². The minimum absolute atomic E-state index is 0.270. The molecule has 0 bridgehead atoms. The van der Waals surface area contributed by atoms with Gasteiger partial charge in [0.1, 0.15) is 6.07 Å². The summed E-state index contributed by atoms with van der Waals surface area (Å²) in [6.45, 7) is 4.84. The Kier molecular flexibility index (Phi) is 5.02. The third kappa shape index (κ3) is 4.56. The van der Waals surface area contributed by atoms with Gasteiger partial charge in [-0.3, -0.25) is 0 Å². The summed E-state index contributed by atoms with van der Waals surface area (Å²) >= 11 is 0. The Hall–Kier alpha value is -2.02. The third-order valence-corrected chi connectivity index (χ3v) is 2.30. The number of hydrogen-bond acceptors (Lipinski definition) is 2. The predicted octanol–water partition coefficient (Wildman–Crippen LogP) is 2.73. The van der Waals surface area contributed by atoms with E-state index in [1.807, 2.05) is 6.07 Å². The Morgan fingerprint density at radius 3 is 2.76 bits per heavy atom. The van der Waals surface area contributed by atoms with Gasteiger partial charge in [0.25, 0.3) is 0 Å². The number of urea groups is 1. The fraction of sp³-hybridized carbons (Fsp3) is 0.385. The summed E-state index contributed by atoms with van der Waals surface area (Å²) in [6, 6.07) is 8.69. The normalized spacial score (nSPS) is 9.76. The maximum absolute atomic E-state index is 11.5. The van der Waals surface area contributed by atoms with Crippen molar-refractivity contribution < 1.29 is 4.79 Å². The summed E-state index contributed by atoms with van der Waals surface area (Å²) in [5.41, 5.74) is 1.00. The number of hydrogen-bond donors (Lipinski definition) is 2. The summed E-state index contributed by atoms with van der Waals surface area (Å²) in [6.07, 6.45) is 0.938. The van der Waals surface area contributed by atoms with Crippen molar-refractivity contribution in [2.45, 2.75) is 20.3 Å². The SMILES string of the molecule is CC(C)CCNC(=O)Nc1ccccc1C#N. The second-order valence-corrected chi connectivity index (χ2v) is 4.22. The lowest BCUT2D eigenvalue weighted by molar-refractivity contribution is 0.251. The number of amides is 2. The van der Waals surface area contributed by atoms with Crippen molar-refractivity contribution >= 4 is 11.7 Å². The number of carbonyl (C=O) groups excluding carboxylic acids is 1. The highest BCUT2D eigenvalue weighted by Gasteiger charge is 2.05. The molecule has 17 heavy (non-hydrogen) atoms. The molecular weight excluding hydrogens is 214 g/mol. The highest BCUT2D eigenvalue weighted by Crippen LogP contribution is 2.12. The van der Waals surface area contributed by atoms with Crippen LogP contribution in [0.5, 0.6) is 0 Å². The molecule has 4 heteroatoms. The Bertz CT molecular complexity index is 421. The molecule has 0 unspecified atom stereocenters. The molecule has 0 heterocycles. The van der Waals surface area contributed by atoms with E-state index in [0.29, 0.717) is 23.7 Å². The van der Waals surface area contributed by atoms with E-state index in [1.54, 1.807) is 24.3 Å². The summed E-state index contributed by atoms with van der Waals surface area (Å²) in [5, 5.41) is 14.3. The lowest BCUT2D eigenvalue weighted by atomic mass is 10.1. The molecule has 1 aromatic carbocycles. The molecule has 0 aliphatic rings. The van der Waals surface area contributed by atoms with E-state index in [-0.39, 0.29) is 6.03 Å². The maximum atomic E-state index is 11.5. The van der Waals surface area contributed by atoms with Gasteiger partial charge in [-0.05, 0) is 24.5 Å². The second kappa shape index (κ2) is 6.54. The minimum Gasteiger partial charge on any atom is -0.338 e. The van der Waals surface area contributed by atoms with Crippen LogP contribution in [-0.2, 0) is 0 Å². The Morgan fingerprint density at radius 2 is 2.12 bits per heavy atom. The van der Waals surface area contributed by atoms with Gasteiger partial charge in [-0.15, -0.1) is 0 Å². The van der Waals surface area contributed by atoms with Crippen molar-refractivity contribution in [3.8, 4) is 6.07 Å². The summed E-state index contributed by atoms with van der Waals surface area (Å²) in [4.78, 5) is 11.5. The number of nitriles is 1. The van der Waals surface area contributed by atoms with E-state index >= 15 is 0 Å². The van der Waals surface area contributed by atoms with E-state index in [9.17, 15) is 4.79 Å². The van der Waals surface area contributed by atoms with Crippen molar-refractivity contribution in [2.24, 2.45) is 5.92 Å². The van der Waals surface area contributed by atoms with Gasteiger partial charge in [0.15, 0.2) is 0 Å². The first kappa shape index (κ1) is 13.0. The zero-order valence-corrected chi connectivity index (χ0v) is 10.2. The first-order chi connectivity index (χ1) is 8.13. The Morgan fingerprint density at radius 1 is 1.41 bits per heavy atom. The first-order valence-corrected chi connectivity index (χ1v) is 5.67. The highest BCUT2D eigenvalue weighted by atomic mass is 16.2. The van der Waals surface area contributed by atoms with Gasteiger partial charge in [0.05, 0.1) is 11.3 Å². The molecule has 0 spiro atoms. The molecule has 1 rings (SSSR count). The van der Waals surface area contributed by atoms with Gasteiger partial charge >= 0.3 is 6.03 Å². The Balaban J connectivity index is 2.48. The second-order valence-electron chi connectivity index (χ2n) is 4.22. The molecule has 0 aliphatic heterocycles. The molecule has 2 amide bonds. The van der Waals surface area contributed by atoms with E-state index in [2.05, 4.69) is 24.5 Å². The maximum Gasteiger partial charge on any atom is 0.319 e. The molecule has 90 valence electrons. The molecule has 0 saturated heterocycles. The highest BCUT2D eigenvalue weighted by molar-refractivity contribution is 5.90. The Labute approximate surface area is 102 Å². The lowest BCUT2D eigenvalue weighted by Crippen LogP contribution is -2.30. The van der Waals surface area contributed by atoms with Crippen LogP contribution in [0.4, 0.5) is 10.5 Å². The fourth-order valence-electron chi connectivity index (χ4n) is 1.33. The van der Waals surface area contributed by atoms with E-state index < -0.39 is 0 Å². The largest absolute Gasteiger partial charge is 0.338 e. The van der Waals surface area contributed by atoms with Gasteiger partial charge in [0, 0.05) is 6.54 Å². The predicted molar refractivity (Wildman–Crippen MR) is 67.6 cm³/mol. The van der Waals surface area contributed by atoms with Gasteiger partial charge in [0.2, 0.25) is 0 Å². The van der Waals surface area contributed by atoms with Gasteiger partial charge in [-0.1, -0.05) is 26.0 Å². The molecule has 0 saturated carbocycles. The topological polar surface area (TPSA) is 64.9 Å². The molecular formula is C13H17N3O. The van der Waals surface area contributed by atoms with Crippen LogP contribution >= 0.6 is 0 Å². The molecule has 0 aliphatic carbocycles. The van der Waals surface area contributed by atoms with Crippen LogP contribution in [0.15, 0.2) is 24.3 Å². The fourth-order valence-corrected chi connectivity index (χ4v) is 1.33. The number of carbonyl (C=O) groups is 1. The average molecular weight is 231 g/mol. The molecule has 4 nitrogen and oxygen atoms in total. The zero-order chi connectivity index (χ0) is 12.7. The van der Waals surface area contributed by atoms with Crippen molar-refractivity contribution in [3.63, 3.8) is 0 Å². The molecule has 2 N–H and O–H groups in total. The molecule has 0 fully saturated rings. The lowest BCUT2D eigenvalue weighted by Gasteiger charge is -2.09. The van der Waals surface area contributed by atoms with Crippen molar-refractivity contribution in [1.29, 1.82) is 5.26 Å². The zero-order valence-electron chi connectivity index (χ0n) is 10.2. The van der Waals surface area contributed by atoms with E-state index in [0.717, 1.165) is 6.42 Å². The van der Waals surface area contributed by atoms with Crippen molar-refractivity contribution in [1.82, 2.24) is 5.32 Å². The van der Waals surface area contributed by atoms with Crippen LogP contribution in [0, 0.1) is 17.2 Å². The smallest absolute Gasteiger partial charge is 0.319 e. The van der Waals surface area contributed by atoms with Crippen molar-refractivity contribution in [2.75, 3.05) is 11.9 Å². The molecule has 0 radical (unpaired) electrons. The van der Waals surface area contributed by atoms with E-state index in [1.165, 1.54) is 0 Å². The number of para-hydroxylation sites is 1. The summed E-state index contributed by atoms with van der Waals surface area (Å²) < 4.78 is 0. The van der Waals surface area contributed by atoms with Gasteiger partial charge < -0.3 is 10.6 Å². The van der Waals surface area contributed by atoms with Crippen LogP contribution < -0.4 is 10.6 Å². The number of benzene rings is 1. The number of rotatable bonds is 4. The van der Waals surface area contributed by atoms with Gasteiger partial charge in [-0.25, -0.2) is 4.79 Å². The minimum atomic E-state index is -0.270. The quantitative estimate of drug-likeness (QED) is 0.836. The first-order valence-electron chi connectivity index (χ1n) is 5.67. The third-order valence-electron chi connectivity index (χ3n) is 2.30. The van der Waals surface area contributed by atoms with Crippen LogP contribution in [0.25, 0.3) is 0 Å². The molecule has 0 aromatic heterocycles. The number of nitrogens with one attached hydrogen (secondary N) is 2. The average Bonchev–Trinajstić information content (AvgIpc) is 2.29. The van der Waals surface area contributed by atoms with E-state index in [4.69, 9.17) is 5.26 Å². The van der Waals surface area contributed by atoms with Crippen LogP contribution in [0.3, 0.4) is 0 Å². The monoisotopic (exact) mass is 231 g/mol. The number of nitrogens with zero attached hydrogens (tertiary/aromatic N) is 1. The van der Waals surface area contributed by atoms with Crippen LogP contribution in [-0.4, -0.2) is 12.6 Å². The summed E-state index contributed by atoms with van der Waals surface area (Å²) in [5.74, 6) is 0.557. The van der Waals surface area contributed by atoms with Gasteiger partial charge in [-0.2, -0.15) is 5.26 Å². The number of anilines is 1. The van der Waals surface area contributed by atoms with Crippen molar-refractivity contribution in [3.05, 3.63) is 29.8 Å². The molecule has 0 atom stereocenters. The summed E-state index contributed by atoms with van der Waals surface area (Å²) in [7, 11) is 0. The molecule has 1 aromatic rings.